The third-order valence-corrected chi connectivity index (χ3v) is 4.49. The molecule has 2 N–H and O–H groups in total. The molecule has 0 aromatic carbocycles. The Kier molecular flexibility index (Phi) is 5.89. The van der Waals surface area contributed by atoms with Crippen LogP contribution in [0.4, 0.5) is 5.82 Å². The lowest BCUT2D eigenvalue weighted by Gasteiger charge is -2.19. The van der Waals surface area contributed by atoms with Crippen LogP contribution in [0, 0.1) is 5.92 Å². The molecule has 0 unspecified atom stereocenters. The molecule has 1 aromatic rings. The monoisotopic (exact) mass is 341 g/mol. The van der Waals surface area contributed by atoms with E-state index in [1.807, 2.05) is 12.1 Å². The van der Waals surface area contributed by atoms with E-state index >= 15 is 0 Å². The SMILES string of the molecule is CCC[C@@H]1CN(c2cccnn2)C[C@H]1NC(=O)CNS(C)(=O)=O. The molecule has 2 rings (SSSR count). The first-order valence-corrected chi connectivity index (χ1v) is 9.55. The van der Waals surface area contributed by atoms with E-state index in [9.17, 15) is 13.2 Å². The average Bonchev–Trinajstić information content (AvgIpc) is 2.89. The lowest BCUT2D eigenvalue weighted by molar-refractivity contribution is -0.120. The summed E-state index contributed by atoms with van der Waals surface area (Å²) in [5, 5.41) is 10.9. The van der Waals surface area contributed by atoms with Gasteiger partial charge in [0.1, 0.15) is 0 Å². The zero-order chi connectivity index (χ0) is 16.9. The van der Waals surface area contributed by atoms with Crippen LogP contribution in [-0.4, -0.2) is 56.5 Å². The number of aromatic nitrogens is 2. The summed E-state index contributed by atoms with van der Waals surface area (Å²) in [6, 6.07) is 3.70. The molecule has 8 nitrogen and oxygen atoms in total. The largest absolute Gasteiger partial charge is 0.353 e. The van der Waals surface area contributed by atoms with E-state index in [4.69, 9.17) is 0 Å². The predicted molar refractivity (Wildman–Crippen MR) is 87.4 cm³/mol. The van der Waals surface area contributed by atoms with Gasteiger partial charge in [0.2, 0.25) is 15.9 Å². The molecule has 128 valence electrons. The van der Waals surface area contributed by atoms with Crippen LogP contribution in [0.5, 0.6) is 0 Å². The third-order valence-electron chi connectivity index (χ3n) is 3.82. The van der Waals surface area contributed by atoms with E-state index in [-0.39, 0.29) is 18.5 Å². The van der Waals surface area contributed by atoms with Gasteiger partial charge in [-0.3, -0.25) is 4.79 Å². The number of nitrogens with zero attached hydrogens (tertiary/aromatic N) is 3. The van der Waals surface area contributed by atoms with Crippen LogP contribution < -0.4 is 14.9 Å². The van der Waals surface area contributed by atoms with Crippen LogP contribution in [0.15, 0.2) is 18.3 Å². The third kappa shape index (κ3) is 5.43. The van der Waals surface area contributed by atoms with Crippen LogP contribution in [0.1, 0.15) is 19.8 Å². The molecular weight excluding hydrogens is 318 g/mol. The minimum Gasteiger partial charge on any atom is -0.353 e. The van der Waals surface area contributed by atoms with Crippen molar-refractivity contribution < 1.29 is 13.2 Å². The Balaban J connectivity index is 1.97. The van der Waals surface area contributed by atoms with Crippen molar-refractivity contribution in [3.05, 3.63) is 18.3 Å². The fourth-order valence-electron chi connectivity index (χ4n) is 2.80. The summed E-state index contributed by atoms with van der Waals surface area (Å²) >= 11 is 0. The molecule has 1 fully saturated rings. The number of hydrogen-bond donors (Lipinski definition) is 2. The van der Waals surface area contributed by atoms with Gasteiger partial charge in [0.05, 0.1) is 18.8 Å². The Morgan fingerprint density at radius 1 is 1.43 bits per heavy atom. The molecule has 1 aliphatic rings. The molecule has 0 spiro atoms. The Bertz CT molecular complexity index is 623. The topological polar surface area (TPSA) is 104 Å². The van der Waals surface area contributed by atoms with Crippen molar-refractivity contribution in [2.24, 2.45) is 5.92 Å². The van der Waals surface area contributed by atoms with Gasteiger partial charge in [0.25, 0.3) is 0 Å². The van der Waals surface area contributed by atoms with E-state index in [1.54, 1.807) is 6.20 Å². The highest BCUT2D eigenvalue weighted by molar-refractivity contribution is 7.88. The van der Waals surface area contributed by atoms with Crippen molar-refractivity contribution in [3.63, 3.8) is 0 Å². The van der Waals surface area contributed by atoms with Gasteiger partial charge in [-0.25, -0.2) is 13.1 Å². The maximum absolute atomic E-state index is 12.0. The quantitative estimate of drug-likeness (QED) is 0.708. The maximum Gasteiger partial charge on any atom is 0.235 e. The number of sulfonamides is 1. The van der Waals surface area contributed by atoms with Gasteiger partial charge in [-0.15, -0.1) is 5.10 Å². The van der Waals surface area contributed by atoms with Crippen LogP contribution >= 0.6 is 0 Å². The van der Waals surface area contributed by atoms with Gasteiger partial charge in [0.15, 0.2) is 5.82 Å². The van der Waals surface area contributed by atoms with Gasteiger partial charge in [-0.2, -0.15) is 5.10 Å². The van der Waals surface area contributed by atoms with Crippen molar-refractivity contribution >= 4 is 21.7 Å². The minimum atomic E-state index is -3.37. The van der Waals surface area contributed by atoms with E-state index < -0.39 is 10.0 Å². The van der Waals surface area contributed by atoms with Crippen molar-refractivity contribution in [1.82, 2.24) is 20.2 Å². The molecule has 0 bridgehead atoms. The molecule has 0 aliphatic carbocycles. The average molecular weight is 341 g/mol. The number of rotatable bonds is 7. The number of anilines is 1. The molecule has 0 radical (unpaired) electrons. The van der Waals surface area contributed by atoms with E-state index in [2.05, 4.69) is 32.1 Å². The summed E-state index contributed by atoms with van der Waals surface area (Å²) in [6.45, 7) is 3.32. The smallest absolute Gasteiger partial charge is 0.235 e. The second kappa shape index (κ2) is 7.69. The van der Waals surface area contributed by atoms with Crippen molar-refractivity contribution in [1.29, 1.82) is 0 Å². The first-order valence-electron chi connectivity index (χ1n) is 7.65. The second-order valence-corrected chi connectivity index (χ2v) is 7.64. The van der Waals surface area contributed by atoms with Crippen LogP contribution in [0.2, 0.25) is 0 Å². The first kappa shape index (κ1) is 17.6. The molecule has 0 saturated carbocycles. The summed E-state index contributed by atoms with van der Waals surface area (Å²) < 4.78 is 24.3. The van der Waals surface area contributed by atoms with Crippen molar-refractivity contribution in [2.45, 2.75) is 25.8 Å². The highest BCUT2D eigenvalue weighted by atomic mass is 32.2. The van der Waals surface area contributed by atoms with Crippen LogP contribution in [0.25, 0.3) is 0 Å². The van der Waals surface area contributed by atoms with Gasteiger partial charge in [0, 0.05) is 19.3 Å². The molecular formula is C14H23N5O3S. The molecule has 23 heavy (non-hydrogen) atoms. The zero-order valence-corrected chi connectivity index (χ0v) is 14.2. The van der Waals surface area contributed by atoms with E-state index in [0.717, 1.165) is 31.5 Å². The highest BCUT2D eigenvalue weighted by Gasteiger charge is 2.33. The fourth-order valence-corrected chi connectivity index (χ4v) is 3.19. The summed E-state index contributed by atoms with van der Waals surface area (Å²) in [5.41, 5.74) is 0. The van der Waals surface area contributed by atoms with Gasteiger partial charge in [-0.1, -0.05) is 13.3 Å². The number of carbonyl (C=O) groups is 1. The standard InChI is InChI=1S/C14H23N5O3S/c1-3-5-11-9-19(13-6-4-7-15-18-13)10-12(11)17-14(20)8-16-23(2,21)22/h4,6-7,11-12,16H,3,5,8-10H2,1-2H3,(H,17,20)/t11-,12-/m1/s1. The lowest BCUT2D eigenvalue weighted by atomic mass is 9.98. The minimum absolute atomic E-state index is 0.0224. The number of nitrogens with one attached hydrogen (secondary N) is 2. The molecule has 2 heterocycles. The predicted octanol–water partition coefficient (Wildman–Crippen LogP) is -0.253. The molecule has 2 atom stereocenters. The number of hydrogen-bond acceptors (Lipinski definition) is 6. The Labute approximate surface area is 136 Å². The van der Waals surface area contributed by atoms with Crippen LogP contribution in [-0.2, 0) is 14.8 Å². The van der Waals surface area contributed by atoms with E-state index in [1.165, 1.54) is 0 Å². The van der Waals surface area contributed by atoms with Crippen molar-refractivity contribution in [3.8, 4) is 0 Å². The Morgan fingerprint density at radius 2 is 2.22 bits per heavy atom. The maximum atomic E-state index is 12.0. The van der Waals surface area contributed by atoms with Crippen LogP contribution in [0.3, 0.4) is 0 Å². The highest BCUT2D eigenvalue weighted by Crippen LogP contribution is 2.25. The Morgan fingerprint density at radius 3 is 2.83 bits per heavy atom. The zero-order valence-electron chi connectivity index (χ0n) is 13.4. The van der Waals surface area contributed by atoms with E-state index in [0.29, 0.717) is 12.5 Å². The summed E-state index contributed by atoms with van der Waals surface area (Å²) in [6.07, 6.45) is 4.67. The summed E-state index contributed by atoms with van der Waals surface area (Å²) in [5.74, 6) is 0.784. The molecule has 1 amide bonds. The molecule has 1 aliphatic heterocycles. The van der Waals surface area contributed by atoms with Crippen molar-refractivity contribution in [2.75, 3.05) is 30.8 Å². The van der Waals surface area contributed by atoms with Gasteiger partial charge >= 0.3 is 0 Å². The fraction of sp³-hybridized carbons (Fsp3) is 0.643. The second-order valence-electron chi connectivity index (χ2n) is 5.80. The first-order chi connectivity index (χ1) is 10.9. The Hall–Kier alpha value is -1.74. The molecule has 1 aromatic heterocycles. The summed E-state index contributed by atoms with van der Waals surface area (Å²) in [4.78, 5) is 14.1. The summed E-state index contributed by atoms with van der Waals surface area (Å²) in [7, 11) is -3.37. The molecule has 1 saturated heterocycles. The lowest BCUT2D eigenvalue weighted by Crippen LogP contribution is -2.45. The number of amides is 1. The normalized spacial score (nSPS) is 21.4. The number of carbonyl (C=O) groups excluding carboxylic acids is 1. The van der Waals surface area contributed by atoms with Gasteiger partial charge in [-0.05, 0) is 24.5 Å². The van der Waals surface area contributed by atoms with Gasteiger partial charge < -0.3 is 10.2 Å². The molecule has 9 heteroatoms.